The Bertz CT molecular complexity index is 1050. The van der Waals surface area contributed by atoms with Crippen LogP contribution in [0.25, 0.3) is 28.0 Å². The number of hydrogen-bond acceptors (Lipinski definition) is 1. The highest BCUT2D eigenvalue weighted by atomic mass is 19.3. The summed E-state index contributed by atoms with van der Waals surface area (Å²) in [6, 6.07) is 6.71. The first-order valence-corrected chi connectivity index (χ1v) is 7.88. The van der Waals surface area contributed by atoms with Gasteiger partial charge in [-0.25, -0.2) is 17.6 Å². The van der Waals surface area contributed by atoms with Crippen molar-refractivity contribution in [1.29, 1.82) is 0 Å². The first kappa shape index (κ1) is 18.8. The highest BCUT2D eigenvalue weighted by Crippen LogP contribution is 2.34. The average molecular weight is 382 g/mol. The minimum atomic E-state index is -2.32. The van der Waals surface area contributed by atoms with Gasteiger partial charge in [-0.1, -0.05) is 0 Å². The van der Waals surface area contributed by atoms with E-state index in [1.54, 1.807) is 6.92 Å². The van der Waals surface area contributed by atoms with Crippen LogP contribution in [0.15, 0.2) is 42.5 Å². The van der Waals surface area contributed by atoms with E-state index in [4.69, 9.17) is 4.74 Å². The lowest BCUT2D eigenvalue weighted by atomic mass is 9.98. The Morgan fingerprint density at radius 3 is 2.30 bits per heavy atom. The largest absolute Gasteiger partial charge is 0.494 e. The smallest absolute Gasteiger partial charge is 0.271 e. The standard InChI is InChI=1S/C20H12F6O/c1-2-27-12-3-4-13(16(22)8-12)10-5-11-7-15(21)14(9-18(24)25)20(26)19(11)17(23)6-10/h3-9H,2H2,1H3. The van der Waals surface area contributed by atoms with Crippen molar-refractivity contribution in [2.75, 3.05) is 6.61 Å². The molecule has 0 aliphatic heterocycles. The van der Waals surface area contributed by atoms with E-state index in [1.165, 1.54) is 18.2 Å². The average Bonchev–Trinajstić information content (AvgIpc) is 2.58. The highest BCUT2D eigenvalue weighted by molar-refractivity contribution is 5.90. The maximum absolute atomic E-state index is 14.5. The third kappa shape index (κ3) is 3.63. The SMILES string of the molecule is CCOc1ccc(-c2cc(F)c3c(F)c(C=C(F)F)c(F)cc3c2)c(F)c1. The molecule has 0 fully saturated rings. The van der Waals surface area contributed by atoms with Crippen molar-refractivity contribution in [2.45, 2.75) is 6.92 Å². The fourth-order valence-corrected chi connectivity index (χ4v) is 2.81. The molecule has 0 N–H and O–H groups in total. The normalized spacial score (nSPS) is 10.9. The Morgan fingerprint density at radius 1 is 0.926 bits per heavy atom. The van der Waals surface area contributed by atoms with E-state index in [1.807, 2.05) is 0 Å². The van der Waals surface area contributed by atoms with Gasteiger partial charge < -0.3 is 4.74 Å². The summed E-state index contributed by atoms with van der Waals surface area (Å²) in [5, 5.41) is -0.872. The van der Waals surface area contributed by atoms with Crippen LogP contribution in [0.4, 0.5) is 26.3 Å². The predicted molar refractivity (Wildman–Crippen MR) is 90.6 cm³/mol. The van der Waals surface area contributed by atoms with Crippen LogP contribution in [-0.4, -0.2) is 6.61 Å². The Labute approximate surface area is 150 Å². The maximum atomic E-state index is 14.5. The molecule has 3 rings (SSSR count). The van der Waals surface area contributed by atoms with E-state index < -0.39 is 40.3 Å². The van der Waals surface area contributed by atoms with Crippen molar-refractivity contribution in [1.82, 2.24) is 0 Å². The van der Waals surface area contributed by atoms with Gasteiger partial charge in [0, 0.05) is 17.7 Å². The summed E-state index contributed by atoms with van der Waals surface area (Å²) in [5.74, 6) is -4.28. The van der Waals surface area contributed by atoms with Crippen molar-refractivity contribution in [2.24, 2.45) is 0 Å². The molecule has 0 atom stereocenters. The van der Waals surface area contributed by atoms with Gasteiger partial charge in [-0.15, -0.1) is 0 Å². The second kappa shape index (κ2) is 7.34. The number of benzene rings is 3. The Balaban J connectivity index is 2.20. The lowest BCUT2D eigenvalue weighted by Crippen LogP contribution is -1.96. The zero-order chi connectivity index (χ0) is 19.7. The second-order valence-corrected chi connectivity index (χ2v) is 5.65. The molecule has 0 aliphatic rings. The molecule has 0 heterocycles. The van der Waals surface area contributed by atoms with Gasteiger partial charge >= 0.3 is 0 Å². The third-order valence-electron chi connectivity index (χ3n) is 3.93. The van der Waals surface area contributed by atoms with E-state index in [-0.39, 0.29) is 28.3 Å². The quantitative estimate of drug-likeness (QED) is 0.456. The summed E-state index contributed by atoms with van der Waals surface area (Å²) < 4.78 is 87.0. The van der Waals surface area contributed by atoms with Crippen molar-refractivity contribution < 1.29 is 31.1 Å². The summed E-state index contributed by atoms with van der Waals surface area (Å²) in [6.07, 6.45) is -2.33. The van der Waals surface area contributed by atoms with Gasteiger partial charge in [0.05, 0.1) is 17.6 Å². The molecule has 0 spiro atoms. The summed E-state index contributed by atoms with van der Waals surface area (Å²) in [6.45, 7) is 2.06. The number of fused-ring (bicyclic) bond motifs is 1. The highest BCUT2D eigenvalue weighted by Gasteiger charge is 2.18. The van der Waals surface area contributed by atoms with Crippen molar-refractivity contribution in [3.05, 3.63) is 71.3 Å². The lowest BCUT2D eigenvalue weighted by Gasteiger charge is -2.11. The van der Waals surface area contributed by atoms with Gasteiger partial charge in [0.2, 0.25) is 0 Å². The fourth-order valence-electron chi connectivity index (χ4n) is 2.81. The monoisotopic (exact) mass is 382 g/mol. The molecule has 0 aliphatic carbocycles. The molecular formula is C20H12F6O. The minimum Gasteiger partial charge on any atom is -0.494 e. The molecular weight excluding hydrogens is 370 g/mol. The fraction of sp³-hybridized carbons (Fsp3) is 0.100. The van der Waals surface area contributed by atoms with Crippen molar-refractivity contribution in [3.8, 4) is 16.9 Å². The van der Waals surface area contributed by atoms with Gasteiger partial charge in [-0.2, -0.15) is 8.78 Å². The van der Waals surface area contributed by atoms with Crippen LogP contribution in [0.2, 0.25) is 0 Å². The molecule has 3 aromatic rings. The molecule has 0 amide bonds. The van der Waals surface area contributed by atoms with Gasteiger partial charge in [0.1, 0.15) is 29.0 Å². The molecule has 0 radical (unpaired) electrons. The van der Waals surface area contributed by atoms with Crippen molar-refractivity contribution in [3.63, 3.8) is 0 Å². The van der Waals surface area contributed by atoms with Crippen LogP contribution in [0.5, 0.6) is 5.75 Å². The topological polar surface area (TPSA) is 9.23 Å². The Kier molecular flexibility index (Phi) is 5.12. The summed E-state index contributed by atoms with van der Waals surface area (Å²) in [4.78, 5) is 0. The van der Waals surface area contributed by atoms with Crippen LogP contribution in [0.3, 0.4) is 0 Å². The van der Waals surface area contributed by atoms with Gasteiger partial charge in [-0.05, 0) is 48.2 Å². The molecule has 1 nitrogen and oxygen atoms in total. The Morgan fingerprint density at radius 2 is 1.67 bits per heavy atom. The minimum absolute atomic E-state index is 0.00107. The van der Waals surface area contributed by atoms with Crippen molar-refractivity contribution >= 4 is 16.8 Å². The molecule has 0 saturated heterocycles. The molecule has 7 heteroatoms. The molecule has 0 bridgehead atoms. The van der Waals surface area contributed by atoms with E-state index in [0.29, 0.717) is 6.61 Å². The van der Waals surface area contributed by atoms with Gasteiger partial charge in [0.15, 0.2) is 0 Å². The maximum Gasteiger partial charge on any atom is 0.271 e. The first-order chi connectivity index (χ1) is 12.8. The molecule has 27 heavy (non-hydrogen) atoms. The molecule has 0 unspecified atom stereocenters. The van der Waals surface area contributed by atoms with Crippen LogP contribution in [0.1, 0.15) is 12.5 Å². The second-order valence-electron chi connectivity index (χ2n) is 5.65. The van der Waals surface area contributed by atoms with Crippen LogP contribution in [-0.2, 0) is 0 Å². The number of ether oxygens (including phenoxy) is 1. The zero-order valence-corrected chi connectivity index (χ0v) is 13.9. The molecule has 3 aromatic carbocycles. The van der Waals surface area contributed by atoms with Gasteiger partial charge in [0.25, 0.3) is 6.08 Å². The predicted octanol–water partition coefficient (Wildman–Crippen LogP) is 6.70. The summed E-state index contributed by atoms with van der Waals surface area (Å²) in [7, 11) is 0. The molecule has 140 valence electrons. The van der Waals surface area contributed by atoms with E-state index >= 15 is 0 Å². The van der Waals surface area contributed by atoms with Crippen LogP contribution >= 0.6 is 0 Å². The molecule has 0 aromatic heterocycles. The van der Waals surface area contributed by atoms with Gasteiger partial charge in [-0.3, -0.25) is 0 Å². The Hall–Kier alpha value is -2.96. The molecule has 0 saturated carbocycles. The van der Waals surface area contributed by atoms with E-state index in [0.717, 1.165) is 18.2 Å². The van der Waals surface area contributed by atoms with Crippen LogP contribution in [0, 0.1) is 23.3 Å². The third-order valence-corrected chi connectivity index (χ3v) is 3.93. The zero-order valence-electron chi connectivity index (χ0n) is 13.9. The van der Waals surface area contributed by atoms with E-state index in [9.17, 15) is 26.3 Å². The van der Waals surface area contributed by atoms with Crippen LogP contribution < -0.4 is 4.74 Å². The number of hydrogen-bond donors (Lipinski definition) is 0. The summed E-state index contributed by atoms with van der Waals surface area (Å²) >= 11 is 0. The first-order valence-electron chi connectivity index (χ1n) is 7.88. The summed E-state index contributed by atoms with van der Waals surface area (Å²) in [5.41, 5.74) is -1.00. The van der Waals surface area contributed by atoms with E-state index in [2.05, 4.69) is 0 Å². The lowest BCUT2D eigenvalue weighted by molar-refractivity contribution is 0.338. The number of halogens is 6. The number of rotatable bonds is 4.